The second-order valence-electron chi connectivity index (χ2n) is 4.42. The van der Waals surface area contributed by atoms with Gasteiger partial charge in [0.1, 0.15) is 5.82 Å². The molecule has 2 aromatic rings. The van der Waals surface area contributed by atoms with E-state index in [0.29, 0.717) is 5.82 Å². The largest absolute Gasteiger partial charge is 0.305 e. The maximum absolute atomic E-state index is 13.3. The summed E-state index contributed by atoms with van der Waals surface area (Å²) in [6.45, 7) is 4.01. The highest BCUT2D eigenvalue weighted by Crippen LogP contribution is 2.21. The zero-order chi connectivity index (χ0) is 14.0. The number of aromatic nitrogens is 2. The van der Waals surface area contributed by atoms with Crippen LogP contribution in [0.3, 0.4) is 0 Å². The monoisotopic (exact) mass is 281 g/mol. The van der Waals surface area contributed by atoms with Crippen molar-refractivity contribution in [3.63, 3.8) is 0 Å². The summed E-state index contributed by atoms with van der Waals surface area (Å²) in [6.07, 6.45) is 0. The van der Waals surface area contributed by atoms with Gasteiger partial charge >= 0.3 is 0 Å². The number of halogens is 2. The van der Waals surface area contributed by atoms with E-state index in [1.807, 2.05) is 13.8 Å². The molecule has 2 N–H and O–H groups in total. The SMILES string of the molecule is CC(C)c1cc(NC(=O)c2cccc(F)c2Cl)n[nH]1. The van der Waals surface area contributed by atoms with Crippen molar-refractivity contribution in [1.82, 2.24) is 10.2 Å². The van der Waals surface area contributed by atoms with Crippen molar-refractivity contribution in [2.75, 3.05) is 5.32 Å². The molecule has 0 fully saturated rings. The van der Waals surface area contributed by atoms with Crippen LogP contribution in [-0.4, -0.2) is 16.1 Å². The molecule has 19 heavy (non-hydrogen) atoms. The first-order chi connectivity index (χ1) is 8.99. The molecule has 0 saturated heterocycles. The molecule has 4 nitrogen and oxygen atoms in total. The van der Waals surface area contributed by atoms with E-state index in [0.717, 1.165) is 5.69 Å². The molecular formula is C13H13ClFN3O. The lowest BCUT2D eigenvalue weighted by Gasteiger charge is -2.04. The summed E-state index contributed by atoms with van der Waals surface area (Å²) < 4.78 is 13.3. The Balaban J connectivity index is 2.18. The van der Waals surface area contributed by atoms with Crippen molar-refractivity contribution in [3.8, 4) is 0 Å². The Morgan fingerprint density at radius 3 is 2.84 bits per heavy atom. The Morgan fingerprint density at radius 2 is 2.21 bits per heavy atom. The molecule has 0 spiro atoms. The Labute approximate surface area is 115 Å². The number of amides is 1. The van der Waals surface area contributed by atoms with Gasteiger partial charge in [-0.05, 0) is 18.1 Å². The summed E-state index contributed by atoms with van der Waals surface area (Å²) >= 11 is 5.75. The number of nitrogens with one attached hydrogen (secondary N) is 2. The number of benzene rings is 1. The highest BCUT2D eigenvalue weighted by atomic mass is 35.5. The van der Waals surface area contributed by atoms with E-state index in [-0.39, 0.29) is 16.5 Å². The van der Waals surface area contributed by atoms with Crippen LogP contribution < -0.4 is 5.32 Å². The molecule has 0 aliphatic carbocycles. The van der Waals surface area contributed by atoms with E-state index in [4.69, 9.17) is 11.6 Å². The van der Waals surface area contributed by atoms with Crippen LogP contribution in [0.4, 0.5) is 10.2 Å². The number of carbonyl (C=O) groups is 1. The standard InChI is InChI=1S/C13H13ClFN3O/c1-7(2)10-6-11(18-17-10)16-13(19)8-4-3-5-9(15)12(8)14/h3-7H,1-2H3,(H2,16,17,18,19). The van der Waals surface area contributed by atoms with E-state index < -0.39 is 11.7 Å². The number of carbonyl (C=O) groups excluding carboxylic acids is 1. The number of rotatable bonds is 3. The van der Waals surface area contributed by atoms with Crippen molar-refractivity contribution in [2.24, 2.45) is 0 Å². The molecule has 1 aromatic heterocycles. The fourth-order valence-electron chi connectivity index (χ4n) is 1.56. The van der Waals surface area contributed by atoms with Crippen LogP contribution in [0.2, 0.25) is 5.02 Å². The van der Waals surface area contributed by atoms with E-state index in [1.54, 1.807) is 6.07 Å². The van der Waals surface area contributed by atoms with Crippen molar-refractivity contribution >= 4 is 23.3 Å². The smallest absolute Gasteiger partial charge is 0.258 e. The highest BCUT2D eigenvalue weighted by molar-refractivity contribution is 6.34. The van der Waals surface area contributed by atoms with Gasteiger partial charge < -0.3 is 5.32 Å². The minimum Gasteiger partial charge on any atom is -0.305 e. The Morgan fingerprint density at radius 1 is 1.47 bits per heavy atom. The van der Waals surface area contributed by atoms with Gasteiger partial charge in [-0.25, -0.2) is 4.39 Å². The summed E-state index contributed by atoms with van der Waals surface area (Å²) in [4.78, 5) is 12.0. The maximum atomic E-state index is 13.3. The van der Waals surface area contributed by atoms with Crippen LogP contribution in [0, 0.1) is 5.82 Å². The second-order valence-corrected chi connectivity index (χ2v) is 4.80. The van der Waals surface area contributed by atoms with Gasteiger partial charge in [-0.2, -0.15) is 5.10 Å². The van der Waals surface area contributed by atoms with Gasteiger partial charge in [0, 0.05) is 11.8 Å². The number of anilines is 1. The molecular weight excluding hydrogens is 269 g/mol. The molecule has 1 amide bonds. The normalized spacial score (nSPS) is 10.8. The minimum atomic E-state index is -0.626. The number of aromatic amines is 1. The van der Waals surface area contributed by atoms with Gasteiger partial charge in [-0.15, -0.1) is 0 Å². The van der Waals surface area contributed by atoms with Crippen LogP contribution in [0.5, 0.6) is 0 Å². The lowest BCUT2D eigenvalue weighted by atomic mass is 10.1. The molecule has 100 valence electrons. The Hall–Kier alpha value is -1.88. The second kappa shape index (κ2) is 5.40. The van der Waals surface area contributed by atoms with Crippen molar-refractivity contribution in [1.29, 1.82) is 0 Å². The van der Waals surface area contributed by atoms with Gasteiger partial charge in [0.15, 0.2) is 5.82 Å². The third kappa shape index (κ3) is 2.93. The van der Waals surface area contributed by atoms with Crippen LogP contribution >= 0.6 is 11.6 Å². The lowest BCUT2D eigenvalue weighted by molar-refractivity contribution is 0.102. The van der Waals surface area contributed by atoms with Crippen molar-refractivity contribution in [2.45, 2.75) is 19.8 Å². The third-order valence-corrected chi connectivity index (χ3v) is 3.04. The van der Waals surface area contributed by atoms with Crippen molar-refractivity contribution < 1.29 is 9.18 Å². The Bertz CT molecular complexity index is 610. The van der Waals surface area contributed by atoms with E-state index >= 15 is 0 Å². The fourth-order valence-corrected chi connectivity index (χ4v) is 1.77. The minimum absolute atomic E-state index is 0.0794. The third-order valence-electron chi connectivity index (χ3n) is 2.66. The van der Waals surface area contributed by atoms with E-state index in [2.05, 4.69) is 15.5 Å². The fraction of sp³-hybridized carbons (Fsp3) is 0.231. The molecule has 0 radical (unpaired) electrons. The molecule has 2 rings (SSSR count). The molecule has 0 aliphatic rings. The molecule has 0 unspecified atom stereocenters. The summed E-state index contributed by atoms with van der Waals surface area (Å²) in [5.74, 6) is -0.463. The predicted octanol–water partition coefficient (Wildman–Crippen LogP) is 3.58. The zero-order valence-electron chi connectivity index (χ0n) is 10.5. The number of nitrogens with zero attached hydrogens (tertiary/aromatic N) is 1. The van der Waals surface area contributed by atoms with Crippen LogP contribution in [0.15, 0.2) is 24.3 Å². The summed E-state index contributed by atoms with van der Waals surface area (Å²) in [5, 5.41) is 9.15. The topological polar surface area (TPSA) is 57.8 Å². The van der Waals surface area contributed by atoms with E-state index in [9.17, 15) is 9.18 Å². The first-order valence-corrected chi connectivity index (χ1v) is 6.17. The number of H-pyrrole nitrogens is 1. The number of hydrogen-bond donors (Lipinski definition) is 2. The van der Waals surface area contributed by atoms with E-state index in [1.165, 1.54) is 18.2 Å². The van der Waals surface area contributed by atoms with Crippen LogP contribution in [0.25, 0.3) is 0 Å². The van der Waals surface area contributed by atoms with Gasteiger partial charge in [0.05, 0.1) is 10.6 Å². The van der Waals surface area contributed by atoms with Gasteiger partial charge in [0.2, 0.25) is 0 Å². The quantitative estimate of drug-likeness (QED) is 0.903. The molecule has 0 bridgehead atoms. The lowest BCUT2D eigenvalue weighted by Crippen LogP contribution is -2.13. The van der Waals surface area contributed by atoms with Crippen LogP contribution in [0.1, 0.15) is 35.8 Å². The average Bonchev–Trinajstić information content (AvgIpc) is 2.81. The van der Waals surface area contributed by atoms with Gasteiger partial charge in [0.25, 0.3) is 5.91 Å². The summed E-state index contributed by atoms with van der Waals surface area (Å²) in [7, 11) is 0. The highest BCUT2D eigenvalue weighted by Gasteiger charge is 2.15. The van der Waals surface area contributed by atoms with Crippen LogP contribution in [-0.2, 0) is 0 Å². The number of hydrogen-bond acceptors (Lipinski definition) is 2. The van der Waals surface area contributed by atoms with Gasteiger partial charge in [-0.3, -0.25) is 9.89 Å². The summed E-state index contributed by atoms with van der Waals surface area (Å²) in [5.41, 5.74) is 0.983. The predicted molar refractivity (Wildman–Crippen MR) is 72.0 cm³/mol. The summed E-state index contributed by atoms with van der Waals surface area (Å²) in [6, 6.07) is 5.82. The molecule has 6 heteroatoms. The molecule has 1 heterocycles. The molecule has 0 aliphatic heterocycles. The van der Waals surface area contributed by atoms with Gasteiger partial charge in [-0.1, -0.05) is 31.5 Å². The van der Waals surface area contributed by atoms with Crippen molar-refractivity contribution in [3.05, 3.63) is 46.4 Å². The molecule has 0 saturated carbocycles. The first-order valence-electron chi connectivity index (χ1n) is 5.79. The molecule has 1 aromatic carbocycles. The Kier molecular flexibility index (Phi) is 3.85. The first kappa shape index (κ1) is 13.5. The molecule has 0 atom stereocenters. The zero-order valence-corrected chi connectivity index (χ0v) is 11.3. The maximum Gasteiger partial charge on any atom is 0.258 e. The average molecular weight is 282 g/mol.